The molecule has 0 fully saturated rings. The van der Waals surface area contributed by atoms with Crippen molar-refractivity contribution < 1.29 is 27.3 Å². The van der Waals surface area contributed by atoms with Gasteiger partial charge in [0.05, 0.1) is 6.10 Å². The number of β-amino-alcohol motifs (C(OH)–C–C–N with tert-alkyl or cyclic N) is 1. The molecule has 9 heteroatoms. The number of fused-ring (bicyclic) bond motifs is 1. The van der Waals surface area contributed by atoms with E-state index in [0.717, 1.165) is 31.6 Å². The number of nitrogens with zero attached hydrogens (tertiary/aromatic N) is 1. The van der Waals surface area contributed by atoms with Crippen LogP contribution in [0.1, 0.15) is 27.9 Å². The summed E-state index contributed by atoms with van der Waals surface area (Å²) in [5, 5.41) is 12.9. The Morgan fingerprint density at radius 1 is 1.13 bits per heavy atom. The fourth-order valence-electron chi connectivity index (χ4n) is 3.42. The van der Waals surface area contributed by atoms with Crippen LogP contribution in [0, 0.1) is 0 Å². The summed E-state index contributed by atoms with van der Waals surface area (Å²) in [6, 6.07) is 12.7. The largest absolute Gasteiger partial charge is 0.475 e. The van der Waals surface area contributed by atoms with Crippen molar-refractivity contribution in [3.8, 4) is 0 Å². The van der Waals surface area contributed by atoms with Gasteiger partial charge >= 0.3 is 5.51 Å². The number of hydrogen-bond donors (Lipinski definition) is 2. The monoisotopic (exact) mass is 440 g/mol. The fraction of sp³-hybridized carbons (Fsp3) is 0.381. The zero-order valence-corrected chi connectivity index (χ0v) is 17.0. The molecular formula is C21H23F3N2O3S. The lowest BCUT2D eigenvalue weighted by molar-refractivity contribution is -0.0384. The number of carbonyl (C=O) groups excluding carboxylic acids is 1. The lowest BCUT2D eigenvalue weighted by Gasteiger charge is -2.30. The van der Waals surface area contributed by atoms with Crippen molar-refractivity contribution in [3.63, 3.8) is 0 Å². The smallest absolute Gasteiger partial charge is 0.392 e. The van der Waals surface area contributed by atoms with Gasteiger partial charge < -0.3 is 10.4 Å². The standard InChI is InChI=1S/C21H23F3N2O3S/c22-21(23,24)30(29)19-7-5-16(6-8-19)20(28)25-11-9-18(27)14-26-12-10-15-3-1-2-4-17(15)13-26/h1-8,18,27H,9-14H2,(H,25,28). The second kappa shape index (κ2) is 9.72. The maximum atomic E-state index is 12.5. The molecule has 0 aliphatic carbocycles. The molecule has 2 atom stereocenters. The van der Waals surface area contributed by atoms with Gasteiger partial charge in [-0.25, -0.2) is 4.21 Å². The van der Waals surface area contributed by atoms with Gasteiger partial charge in [-0.15, -0.1) is 0 Å². The number of aliphatic hydroxyl groups is 1. The van der Waals surface area contributed by atoms with Crippen LogP contribution < -0.4 is 5.32 Å². The zero-order chi connectivity index (χ0) is 21.7. The van der Waals surface area contributed by atoms with Crippen LogP contribution in [0.25, 0.3) is 0 Å². The second-order valence-electron chi connectivity index (χ2n) is 7.19. The molecule has 0 spiro atoms. The van der Waals surface area contributed by atoms with Gasteiger partial charge in [0.15, 0.2) is 10.8 Å². The Labute approximate surface area is 175 Å². The molecule has 5 nitrogen and oxygen atoms in total. The van der Waals surface area contributed by atoms with E-state index in [9.17, 15) is 27.3 Å². The van der Waals surface area contributed by atoms with E-state index >= 15 is 0 Å². The number of carbonyl (C=O) groups is 1. The molecule has 3 rings (SSSR count). The molecule has 2 aromatic rings. The van der Waals surface area contributed by atoms with Crippen molar-refractivity contribution in [2.24, 2.45) is 0 Å². The molecule has 2 N–H and O–H groups in total. The van der Waals surface area contributed by atoms with Crippen molar-refractivity contribution in [1.82, 2.24) is 10.2 Å². The maximum Gasteiger partial charge on any atom is 0.475 e. The molecule has 0 aromatic heterocycles. The number of halogens is 3. The van der Waals surface area contributed by atoms with E-state index in [2.05, 4.69) is 22.3 Å². The predicted octanol–water partition coefficient (Wildman–Crippen LogP) is 2.85. The van der Waals surface area contributed by atoms with Gasteiger partial charge in [0.2, 0.25) is 0 Å². The van der Waals surface area contributed by atoms with Gasteiger partial charge in [-0.2, -0.15) is 13.2 Å². The number of hydrogen-bond acceptors (Lipinski definition) is 4. The van der Waals surface area contributed by atoms with Gasteiger partial charge in [0.25, 0.3) is 5.91 Å². The third-order valence-corrected chi connectivity index (χ3v) is 6.10. The Hall–Kier alpha value is -2.23. The molecule has 30 heavy (non-hydrogen) atoms. The highest BCUT2D eigenvalue weighted by Crippen LogP contribution is 2.26. The number of alkyl halides is 3. The minimum Gasteiger partial charge on any atom is -0.392 e. The fourth-order valence-corrected chi connectivity index (χ4v) is 4.07. The van der Waals surface area contributed by atoms with E-state index in [1.165, 1.54) is 23.3 Å². The first-order valence-corrected chi connectivity index (χ1v) is 10.7. The van der Waals surface area contributed by atoms with Crippen molar-refractivity contribution >= 4 is 16.7 Å². The molecule has 0 bridgehead atoms. The van der Waals surface area contributed by atoms with Crippen molar-refractivity contribution in [1.29, 1.82) is 0 Å². The summed E-state index contributed by atoms with van der Waals surface area (Å²) in [6.07, 6.45) is 0.696. The van der Waals surface area contributed by atoms with Crippen molar-refractivity contribution in [2.45, 2.75) is 35.9 Å². The van der Waals surface area contributed by atoms with E-state index in [1.807, 2.05) is 12.1 Å². The summed E-state index contributed by atoms with van der Waals surface area (Å²) in [7, 11) is -3.12. The van der Waals surface area contributed by atoms with E-state index in [-0.39, 0.29) is 12.1 Å². The molecule has 1 heterocycles. The lowest BCUT2D eigenvalue weighted by atomic mass is 9.99. The highest BCUT2D eigenvalue weighted by atomic mass is 32.2. The second-order valence-corrected chi connectivity index (χ2v) is 8.66. The molecule has 1 amide bonds. The zero-order valence-electron chi connectivity index (χ0n) is 16.2. The van der Waals surface area contributed by atoms with Crippen molar-refractivity contribution in [3.05, 3.63) is 65.2 Å². The molecular weight excluding hydrogens is 417 g/mol. The van der Waals surface area contributed by atoms with Crippen LogP contribution in [-0.2, 0) is 23.8 Å². The van der Waals surface area contributed by atoms with Gasteiger partial charge in [-0.3, -0.25) is 9.69 Å². The summed E-state index contributed by atoms with van der Waals surface area (Å²) < 4.78 is 48.7. The summed E-state index contributed by atoms with van der Waals surface area (Å²) in [6.45, 7) is 2.39. The first kappa shape index (κ1) is 22.5. The third-order valence-electron chi connectivity index (χ3n) is 4.98. The minimum absolute atomic E-state index is 0.167. The van der Waals surface area contributed by atoms with E-state index < -0.39 is 33.2 Å². The topological polar surface area (TPSA) is 69.6 Å². The lowest BCUT2D eigenvalue weighted by Crippen LogP contribution is -2.38. The molecule has 2 unspecified atom stereocenters. The van der Waals surface area contributed by atoms with Gasteiger partial charge in [0.1, 0.15) is 0 Å². The van der Waals surface area contributed by atoms with Crippen LogP contribution in [0.4, 0.5) is 13.2 Å². The number of nitrogens with one attached hydrogen (secondary N) is 1. The Morgan fingerprint density at radius 2 is 1.80 bits per heavy atom. The molecule has 0 saturated heterocycles. The SMILES string of the molecule is O=C(NCCC(O)CN1CCc2ccccc2C1)c1ccc(S(=O)C(F)(F)F)cc1. The van der Waals surface area contributed by atoms with E-state index in [4.69, 9.17) is 0 Å². The summed E-state index contributed by atoms with van der Waals surface area (Å²) in [5.74, 6) is -0.460. The average Bonchev–Trinajstić information content (AvgIpc) is 2.72. The van der Waals surface area contributed by atoms with Crippen molar-refractivity contribution in [2.75, 3.05) is 19.6 Å². The van der Waals surface area contributed by atoms with Gasteiger partial charge in [-0.1, -0.05) is 24.3 Å². The van der Waals surface area contributed by atoms with Gasteiger partial charge in [0, 0.05) is 36.6 Å². The number of benzene rings is 2. The summed E-state index contributed by atoms with van der Waals surface area (Å²) in [4.78, 5) is 13.9. The Balaban J connectivity index is 1.42. The molecule has 1 aliphatic heterocycles. The highest BCUT2D eigenvalue weighted by molar-refractivity contribution is 7.86. The first-order valence-electron chi connectivity index (χ1n) is 9.58. The van der Waals surface area contributed by atoms with Crippen LogP contribution >= 0.6 is 0 Å². The maximum absolute atomic E-state index is 12.5. The summed E-state index contributed by atoms with van der Waals surface area (Å²) in [5.41, 5.74) is -2.07. The molecule has 162 valence electrons. The van der Waals surface area contributed by atoms with Gasteiger partial charge in [-0.05, 0) is 48.2 Å². The number of amides is 1. The predicted molar refractivity (Wildman–Crippen MR) is 107 cm³/mol. The molecule has 0 saturated carbocycles. The Kier molecular flexibility index (Phi) is 7.27. The first-order chi connectivity index (χ1) is 14.2. The Bertz CT molecular complexity index is 903. The quantitative estimate of drug-likeness (QED) is 0.695. The molecule has 2 aromatic carbocycles. The molecule has 1 aliphatic rings. The van der Waals surface area contributed by atoms with Crippen LogP contribution in [0.3, 0.4) is 0 Å². The summed E-state index contributed by atoms with van der Waals surface area (Å²) >= 11 is 0. The Morgan fingerprint density at radius 3 is 2.47 bits per heavy atom. The molecule has 0 radical (unpaired) electrons. The highest BCUT2D eigenvalue weighted by Gasteiger charge is 2.37. The number of rotatable bonds is 7. The average molecular weight is 440 g/mol. The van der Waals surface area contributed by atoms with E-state index in [1.54, 1.807) is 0 Å². The number of aliphatic hydroxyl groups excluding tert-OH is 1. The third kappa shape index (κ3) is 5.90. The van der Waals surface area contributed by atoms with Crippen LogP contribution in [0.15, 0.2) is 53.4 Å². The van der Waals surface area contributed by atoms with E-state index in [0.29, 0.717) is 13.0 Å². The van der Waals surface area contributed by atoms with Crippen LogP contribution in [0.5, 0.6) is 0 Å². The normalized spacial score (nSPS) is 16.5. The van der Waals surface area contributed by atoms with Crippen LogP contribution in [-0.4, -0.2) is 51.4 Å². The minimum atomic E-state index is -4.84. The van der Waals surface area contributed by atoms with Crippen LogP contribution in [0.2, 0.25) is 0 Å².